The van der Waals surface area contributed by atoms with Gasteiger partial charge < -0.3 is 19.6 Å². The minimum Gasteiger partial charge on any atom is -0.386 e. The molecule has 1 fully saturated rings. The Hall–Kier alpha value is -3.49. The fourth-order valence-electron chi connectivity index (χ4n) is 3.85. The van der Waals surface area contributed by atoms with Crippen molar-refractivity contribution in [3.63, 3.8) is 0 Å². The lowest BCUT2D eigenvalue weighted by atomic mass is 9.87. The molecule has 4 rings (SSSR count). The van der Waals surface area contributed by atoms with Gasteiger partial charge in [-0.3, -0.25) is 19.4 Å². The summed E-state index contributed by atoms with van der Waals surface area (Å²) >= 11 is 0. The largest absolute Gasteiger partial charge is 0.386 e. The second-order valence-electron chi connectivity index (χ2n) is 7.70. The second kappa shape index (κ2) is 8.10. The molecule has 9 nitrogen and oxygen atoms in total. The van der Waals surface area contributed by atoms with Crippen LogP contribution in [0.25, 0.3) is 0 Å². The van der Waals surface area contributed by atoms with E-state index in [4.69, 9.17) is 4.84 Å². The first-order valence-electron chi connectivity index (χ1n) is 9.84. The van der Waals surface area contributed by atoms with Gasteiger partial charge in [-0.15, -0.1) is 0 Å². The van der Waals surface area contributed by atoms with Crippen molar-refractivity contribution in [3.05, 3.63) is 64.3 Å². The number of piperidine rings is 1. The summed E-state index contributed by atoms with van der Waals surface area (Å²) in [6.07, 6.45) is 6.69. The highest BCUT2D eigenvalue weighted by Gasteiger charge is 2.45. The monoisotopic (exact) mass is 409 g/mol. The van der Waals surface area contributed by atoms with Crippen LogP contribution in [-0.4, -0.2) is 50.7 Å². The van der Waals surface area contributed by atoms with Crippen molar-refractivity contribution in [2.75, 3.05) is 13.1 Å². The van der Waals surface area contributed by atoms with Crippen molar-refractivity contribution >= 4 is 17.5 Å². The summed E-state index contributed by atoms with van der Waals surface area (Å²) in [6.45, 7) is 1.16. The Morgan fingerprint density at radius 3 is 2.97 bits per heavy atom. The molecule has 0 aliphatic carbocycles. The number of aryl methyl sites for hydroxylation is 1. The van der Waals surface area contributed by atoms with Gasteiger partial charge in [-0.1, -0.05) is 11.2 Å². The average Bonchev–Trinajstić information content (AvgIpc) is 3.17. The van der Waals surface area contributed by atoms with Gasteiger partial charge in [0.15, 0.2) is 5.60 Å². The van der Waals surface area contributed by atoms with Crippen LogP contribution in [-0.2, 0) is 23.2 Å². The number of amides is 2. The number of hydrogen-bond acceptors (Lipinski definition) is 6. The standard InChI is InChI=1S/C21H23N5O4/c1-25-9-3-6-16(19(25)28)20(29)26-10-4-7-21(14-26)11-17(24-30-21)18(27)23-13-15-5-2-8-22-12-15/h2-3,5-6,8-9,12H,4,7,10-11,13-14H2,1H3,(H,23,27). The Labute approximate surface area is 173 Å². The number of rotatable bonds is 4. The number of oxime groups is 1. The van der Waals surface area contributed by atoms with Gasteiger partial charge in [0.05, 0.1) is 6.54 Å². The van der Waals surface area contributed by atoms with Crippen molar-refractivity contribution in [2.45, 2.75) is 31.4 Å². The van der Waals surface area contributed by atoms with Crippen LogP contribution in [0.15, 0.2) is 52.8 Å². The molecular weight excluding hydrogens is 386 g/mol. The van der Waals surface area contributed by atoms with E-state index in [9.17, 15) is 14.4 Å². The maximum absolute atomic E-state index is 12.9. The molecule has 2 amide bonds. The Bertz CT molecular complexity index is 1050. The van der Waals surface area contributed by atoms with E-state index in [0.29, 0.717) is 38.1 Å². The molecule has 1 N–H and O–H groups in total. The molecule has 1 spiro atoms. The normalized spacial score (nSPS) is 20.6. The molecule has 1 unspecified atom stereocenters. The number of carbonyl (C=O) groups is 2. The van der Waals surface area contributed by atoms with Gasteiger partial charge >= 0.3 is 0 Å². The van der Waals surface area contributed by atoms with Crippen molar-refractivity contribution in [2.24, 2.45) is 12.2 Å². The van der Waals surface area contributed by atoms with E-state index in [0.717, 1.165) is 5.56 Å². The van der Waals surface area contributed by atoms with E-state index < -0.39 is 5.60 Å². The van der Waals surface area contributed by atoms with E-state index in [1.807, 2.05) is 6.07 Å². The van der Waals surface area contributed by atoms with Crippen LogP contribution in [0.4, 0.5) is 0 Å². The topological polar surface area (TPSA) is 106 Å². The minimum absolute atomic E-state index is 0.130. The zero-order chi connectivity index (χ0) is 21.1. The molecule has 156 valence electrons. The van der Waals surface area contributed by atoms with Gasteiger partial charge in [0.25, 0.3) is 17.4 Å². The van der Waals surface area contributed by atoms with Crippen LogP contribution >= 0.6 is 0 Å². The molecule has 1 atom stereocenters. The number of aromatic nitrogens is 2. The lowest BCUT2D eigenvalue weighted by molar-refractivity contribution is -0.115. The van der Waals surface area contributed by atoms with E-state index in [1.165, 1.54) is 10.6 Å². The highest BCUT2D eigenvalue weighted by molar-refractivity contribution is 6.39. The van der Waals surface area contributed by atoms with Crippen LogP contribution in [0.5, 0.6) is 0 Å². The smallest absolute Gasteiger partial charge is 0.269 e. The third-order valence-corrected chi connectivity index (χ3v) is 5.46. The number of hydrogen-bond donors (Lipinski definition) is 1. The maximum atomic E-state index is 12.9. The highest BCUT2D eigenvalue weighted by Crippen LogP contribution is 2.33. The third-order valence-electron chi connectivity index (χ3n) is 5.46. The SMILES string of the molecule is Cn1cccc(C(=O)N2CCCC3(CC(C(=O)NCc4cccnc4)=NO3)C2)c1=O. The summed E-state index contributed by atoms with van der Waals surface area (Å²) < 4.78 is 1.38. The average molecular weight is 409 g/mol. The molecule has 1 saturated heterocycles. The van der Waals surface area contributed by atoms with Crippen molar-refractivity contribution in [1.29, 1.82) is 0 Å². The lowest BCUT2D eigenvalue weighted by Crippen LogP contribution is -2.51. The highest BCUT2D eigenvalue weighted by atomic mass is 16.7. The summed E-state index contributed by atoms with van der Waals surface area (Å²) in [7, 11) is 1.61. The van der Waals surface area contributed by atoms with Crippen LogP contribution in [0.2, 0.25) is 0 Å². The third kappa shape index (κ3) is 3.96. The van der Waals surface area contributed by atoms with Crippen molar-refractivity contribution in [1.82, 2.24) is 19.8 Å². The Balaban J connectivity index is 1.40. The van der Waals surface area contributed by atoms with Gasteiger partial charge in [0.1, 0.15) is 11.3 Å². The second-order valence-corrected chi connectivity index (χ2v) is 7.70. The lowest BCUT2D eigenvalue weighted by Gasteiger charge is -2.38. The number of pyridine rings is 2. The van der Waals surface area contributed by atoms with Crippen LogP contribution in [0, 0.1) is 0 Å². The van der Waals surface area contributed by atoms with Crippen molar-refractivity contribution in [3.8, 4) is 0 Å². The summed E-state index contributed by atoms with van der Waals surface area (Å²) in [5, 5.41) is 6.83. The number of nitrogens with zero attached hydrogens (tertiary/aromatic N) is 4. The van der Waals surface area contributed by atoms with E-state index >= 15 is 0 Å². The van der Waals surface area contributed by atoms with Crippen molar-refractivity contribution < 1.29 is 14.4 Å². The summed E-state index contributed by atoms with van der Waals surface area (Å²) in [4.78, 5) is 49.0. The van der Waals surface area contributed by atoms with Gasteiger partial charge in [0, 0.05) is 45.1 Å². The molecule has 2 aliphatic heterocycles. The van der Waals surface area contributed by atoms with Gasteiger partial charge in [0.2, 0.25) is 0 Å². The number of carbonyl (C=O) groups excluding carboxylic acids is 2. The first kappa shape index (κ1) is 19.8. The molecule has 9 heteroatoms. The zero-order valence-electron chi connectivity index (χ0n) is 16.7. The molecule has 0 aromatic carbocycles. The molecule has 2 aliphatic rings. The quantitative estimate of drug-likeness (QED) is 0.806. The first-order valence-corrected chi connectivity index (χ1v) is 9.84. The Morgan fingerprint density at radius 2 is 2.17 bits per heavy atom. The summed E-state index contributed by atoms with van der Waals surface area (Å²) in [6, 6.07) is 6.89. The van der Waals surface area contributed by atoms with E-state index in [1.54, 1.807) is 42.7 Å². The van der Waals surface area contributed by atoms with Crippen LogP contribution < -0.4 is 10.9 Å². The number of likely N-dealkylation sites (tertiary alicyclic amines) is 1. The van der Waals surface area contributed by atoms with Crippen LogP contribution in [0.3, 0.4) is 0 Å². The first-order chi connectivity index (χ1) is 14.5. The molecule has 4 heterocycles. The van der Waals surface area contributed by atoms with Gasteiger partial charge in [-0.05, 0) is 36.6 Å². The summed E-state index contributed by atoms with van der Waals surface area (Å²) in [5.74, 6) is -0.621. The van der Waals surface area contributed by atoms with E-state index in [2.05, 4.69) is 15.5 Å². The fraction of sp³-hybridized carbons (Fsp3) is 0.381. The fourth-order valence-corrected chi connectivity index (χ4v) is 3.85. The summed E-state index contributed by atoms with van der Waals surface area (Å²) in [5.41, 5.74) is 0.267. The molecule has 0 saturated carbocycles. The molecular formula is C21H23N5O4. The molecule has 30 heavy (non-hydrogen) atoms. The Kier molecular flexibility index (Phi) is 5.35. The zero-order valence-corrected chi connectivity index (χ0v) is 16.7. The van der Waals surface area contributed by atoms with Crippen LogP contribution in [0.1, 0.15) is 35.2 Å². The van der Waals surface area contributed by atoms with Gasteiger partial charge in [-0.25, -0.2) is 0 Å². The predicted octanol–water partition coefficient (Wildman–Crippen LogP) is 0.848. The molecule has 0 bridgehead atoms. The molecule has 0 radical (unpaired) electrons. The van der Waals surface area contributed by atoms with Gasteiger partial charge in [-0.2, -0.15) is 0 Å². The Morgan fingerprint density at radius 1 is 1.30 bits per heavy atom. The maximum Gasteiger partial charge on any atom is 0.269 e. The van der Waals surface area contributed by atoms with E-state index in [-0.39, 0.29) is 29.5 Å². The molecule has 2 aromatic rings. The minimum atomic E-state index is -0.727. The number of nitrogens with one attached hydrogen (secondary N) is 1. The predicted molar refractivity (Wildman–Crippen MR) is 109 cm³/mol. The molecule has 2 aromatic heterocycles.